The van der Waals surface area contributed by atoms with Gasteiger partial charge in [0.15, 0.2) is 5.78 Å². The van der Waals surface area contributed by atoms with Crippen LogP contribution in [0.3, 0.4) is 0 Å². The Morgan fingerprint density at radius 2 is 1.92 bits per heavy atom. The summed E-state index contributed by atoms with van der Waals surface area (Å²) < 4.78 is 0. The van der Waals surface area contributed by atoms with E-state index in [-0.39, 0.29) is 44.2 Å². The predicted octanol–water partition coefficient (Wildman–Crippen LogP) is 2.88. The molecule has 1 radical (unpaired) electrons. The molecule has 0 spiro atoms. The molecule has 0 amide bonds. The van der Waals surface area contributed by atoms with E-state index in [0.717, 1.165) is 27.9 Å². The van der Waals surface area contributed by atoms with Crippen LogP contribution in [0.1, 0.15) is 30.5 Å². The van der Waals surface area contributed by atoms with E-state index in [4.69, 9.17) is 10.2 Å². The van der Waals surface area contributed by atoms with E-state index in [1.54, 1.807) is 18.3 Å². The molecule has 3 N–H and O–H groups in total. The van der Waals surface area contributed by atoms with Gasteiger partial charge in [0.25, 0.3) is 0 Å². The molecule has 1 aromatic carbocycles. The van der Waals surface area contributed by atoms with Crippen LogP contribution in [0.15, 0.2) is 42.3 Å². The van der Waals surface area contributed by atoms with Gasteiger partial charge in [0.05, 0.1) is 12.4 Å². The molecule has 0 unspecified atom stereocenters. The SMILES string of the molecule is CC(=O)/C=C(/C)O.Cc1c[c-]c(-c2cc(CO)ccn2)c(CO)c1.[Rh]. The van der Waals surface area contributed by atoms with Crippen LogP contribution in [-0.4, -0.2) is 26.1 Å². The Hall–Kier alpha value is -1.88. The largest absolute Gasteiger partial charge is 0.512 e. The van der Waals surface area contributed by atoms with Crippen molar-refractivity contribution in [1.82, 2.24) is 4.98 Å². The molecule has 0 bridgehead atoms. The number of pyridine rings is 1. The van der Waals surface area contributed by atoms with E-state index in [1.165, 1.54) is 19.9 Å². The van der Waals surface area contributed by atoms with Crippen molar-refractivity contribution >= 4 is 5.78 Å². The van der Waals surface area contributed by atoms with Crippen molar-refractivity contribution in [2.75, 3.05) is 0 Å². The number of hydrogen-bond donors (Lipinski definition) is 3. The molecule has 0 aliphatic carbocycles. The number of aromatic nitrogens is 1. The second-order valence-corrected chi connectivity index (χ2v) is 5.34. The van der Waals surface area contributed by atoms with Crippen molar-refractivity contribution in [3.05, 3.63) is 65.1 Å². The Kier molecular flexibility index (Phi) is 10.8. The van der Waals surface area contributed by atoms with Gasteiger partial charge in [0, 0.05) is 38.4 Å². The van der Waals surface area contributed by atoms with Gasteiger partial charge >= 0.3 is 0 Å². The van der Waals surface area contributed by atoms with Crippen molar-refractivity contribution in [2.45, 2.75) is 34.0 Å². The molecule has 0 fully saturated rings. The zero-order valence-electron chi connectivity index (χ0n) is 14.4. The molecule has 25 heavy (non-hydrogen) atoms. The molecule has 0 aliphatic rings. The molecule has 0 saturated heterocycles. The summed E-state index contributed by atoms with van der Waals surface area (Å²) in [5.41, 5.74) is 4.16. The minimum absolute atomic E-state index is 0. The Labute approximate surface area is 160 Å². The number of ketones is 1. The second kappa shape index (κ2) is 11.6. The van der Waals surface area contributed by atoms with Crippen molar-refractivity contribution in [1.29, 1.82) is 0 Å². The zero-order chi connectivity index (χ0) is 18.1. The fourth-order valence-electron chi connectivity index (χ4n) is 2.03. The van der Waals surface area contributed by atoms with Gasteiger partial charge in [0.2, 0.25) is 0 Å². The van der Waals surface area contributed by atoms with Gasteiger partial charge in [-0.3, -0.25) is 4.79 Å². The van der Waals surface area contributed by atoms with Gasteiger partial charge in [-0.25, -0.2) is 0 Å². The summed E-state index contributed by atoms with van der Waals surface area (Å²) in [5.74, 6) is -0.0625. The number of aliphatic hydroxyl groups excluding tert-OH is 3. The van der Waals surface area contributed by atoms with Gasteiger partial charge in [-0.1, -0.05) is 13.0 Å². The molecule has 2 aromatic rings. The van der Waals surface area contributed by atoms with Crippen LogP contribution in [0.25, 0.3) is 11.3 Å². The van der Waals surface area contributed by atoms with Crippen LogP contribution in [0, 0.1) is 13.0 Å². The molecule has 1 aromatic heterocycles. The first-order valence-electron chi connectivity index (χ1n) is 7.43. The third-order valence-electron chi connectivity index (χ3n) is 3.01. The molecule has 0 aliphatic heterocycles. The Balaban J connectivity index is 0.000000620. The average molecular weight is 431 g/mol. The third-order valence-corrected chi connectivity index (χ3v) is 3.01. The number of carbonyl (C=O) groups is 1. The number of nitrogens with zero attached hydrogens (tertiary/aromatic N) is 1. The number of allylic oxidation sites excluding steroid dienone is 2. The summed E-state index contributed by atoms with van der Waals surface area (Å²) in [6.45, 7) is 4.74. The van der Waals surface area contributed by atoms with Crippen LogP contribution < -0.4 is 0 Å². The van der Waals surface area contributed by atoms with Crippen molar-refractivity contribution in [2.24, 2.45) is 0 Å². The number of rotatable bonds is 4. The summed E-state index contributed by atoms with van der Waals surface area (Å²) in [4.78, 5) is 14.3. The van der Waals surface area contributed by atoms with Gasteiger partial charge in [0.1, 0.15) is 0 Å². The van der Waals surface area contributed by atoms with Gasteiger partial charge in [-0.2, -0.15) is 0 Å². The monoisotopic (exact) mass is 431 g/mol. The molecule has 6 heteroatoms. The van der Waals surface area contributed by atoms with Crippen molar-refractivity contribution in [3.8, 4) is 11.3 Å². The molecule has 2 rings (SSSR count). The predicted molar refractivity (Wildman–Crippen MR) is 92.2 cm³/mol. The Morgan fingerprint density at radius 3 is 2.40 bits per heavy atom. The van der Waals surface area contributed by atoms with Crippen LogP contribution in [0.2, 0.25) is 0 Å². The Bertz CT molecular complexity index is 725. The number of aliphatic hydroxyl groups is 3. The van der Waals surface area contributed by atoms with Crippen molar-refractivity contribution < 1.29 is 39.6 Å². The fraction of sp³-hybridized carbons (Fsp3) is 0.263. The van der Waals surface area contributed by atoms with Crippen LogP contribution in [-0.2, 0) is 37.5 Å². The van der Waals surface area contributed by atoms with Gasteiger partial charge in [-0.15, -0.1) is 34.9 Å². The second-order valence-electron chi connectivity index (χ2n) is 5.34. The average Bonchev–Trinajstić information content (AvgIpc) is 2.54. The van der Waals surface area contributed by atoms with E-state index in [1.807, 2.05) is 19.1 Å². The first-order valence-corrected chi connectivity index (χ1v) is 7.43. The summed E-state index contributed by atoms with van der Waals surface area (Å²) in [6.07, 6.45) is 2.82. The Morgan fingerprint density at radius 1 is 1.24 bits per heavy atom. The summed E-state index contributed by atoms with van der Waals surface area (Å²) in [7, 11) is 0. The van der Waals surface area contributed by atoms with Crippen LogP contribution in [0.5, 0.6) is 0 Å². The molecular formula is C19H22NO4Rh-. The smallest absolute Gasteiger partial charge is 0.155 e. The summed E-state index contributed by atoms with van der Waals surface area (Å²) >= 11 is 0. The number of hydrogen-bond acceptors (Lipinski definition) is 5. The van der Waals surface area contributed by atoms with E-state index < -0.39 is 0 Å². The van der Waals surface area contributed by atoms with E-state index >= 15 is 0 Å². The first-order chi connectivity index (χ1) is 11.4. The minimum atomic E-state index is -0.125. The standard InChI is InChI=1S/C14H14NO2.C5H8O2.Rh/c1-10-2-3-13(12(6-10)9-17)14-7-11(8-16)4-5-15-14;1-4(6)3-5(2)7;/h2,4-7,16-17H,8-9H2,1H3;3,6H,1-2H3;/q-1;;/b;4-3-;. The topological polar surface area (TPSA) is 90.7 Å². The number of benzene rings is 1. The minimum Gasteiger partial charge on any atom is -0.512 e. The van der Waals surface area contributed by atoms with Gasteiger partial charge in [-0.05, 0) is 31.2 Å². The van der Waals surface area contributed by atoms with Crippen LogP contribution in [0.4, 0.5) is 0 Å². The summed E-state index contributed by atoms with van der Waals surface area (Å²) in [6, 6.07) is 10.5. The zero-order valence-corrected chi connectivity index (χ0v) is 16.0. The maximum absolute atomic E-state index is 10.0. The third kappa shape index (κ3) is 8.17. The maximum Gasteiger partial charge on any atom is 0.155 e. The first kappa shape index (κ1) is 23.1. The normalized spacial score (nSPS) is 10.4. The summed E-state index contributed by atoms with van der Waals surface area (Å²) in [5, 5.41) is 26.8. The van der Waals surface area contributed by atoms with Crippen molar-refractivity contribution in [3.63, 3.8) is 0 Å². The fourth-order valence-corrected chi connectivity index (χ4v) is 2.03. The molecule has 0 saturated carbocycles. The molecule has 5 nitrogen and oxygen atoms in total. The van der Waals surface area contributed by atoms with E-state index in [9.17, 15) is 9.90 Å². The van der Waals surface area contributed by atoms with Gasteiger partial charge < -0.3 is 20.3 Å². The maximum atomic E-state index is 10.0. The molecule has 137 valence electrons. The van der Waals surface area contributed by atoms with Crippen LogP contribution >= 0.6 is 0 Å². The van der Waals surface area contributed by atoms with E-state index in [2.05, 4.69) is 11.1 Å². The molecule has 0 atom stereocenters. The number of aryl methyl sites for hydroxylation is 1. The quantitative estimate of drug-likeness (QED) is 0.300. The molecular weight excluding hydrogens is 409 g/mol. The molecule has 1 heterocycles. The number of carbonyl (C=O) groups excluding carboxylic acids is 1. The van der Waals surface area contributed by atoms with E-state index in [0.29, 0.717) is 0 Å².